The maximum atomic E-state index is 13.9. The summed E-state index contributed by atoms with van der Waals surface area (Å²) in [7, 11) is 0. The first-order chi connectivity index (χ1) is 14.9. The van der Waals surface area contributed by atoms with Gasteiger partial charge in [0.1, 0.15) is 23.4 Å². The number of hydrogen-bond acceptors (Lipinski definition) is 5. The first-order valence-electron chi connectivity index (χ1n) is 9.74. The normalized spacial score (nSPS) is 18.1. The van der Waals surface area contributed by atoms with E-state index in [1.807, 2.05) is 19.2 Å². The van der Waals surface area contributed by atoms with Gasteiger partial charge >= 0.3 is 0 Å². The summed E-state index contributed by atoms with van der Waals surface area (Å²) in [5, 5.41) is 12.9. The number of Topliss-reactive ketones (excluding diaryl/α,β-unsaturated/α-hetero) is 1. The van der Waals surface area contributed by atoms with Crippen molar-refractivity contribution < 1.29 is 23.8 Å². The molecule has 1 aromatic heterocycles. The van der Waals surface area contributed by atoms with Crippen molar-refractivity contribution in [3.05, 3.63) is 87.9 Å². The lowest BCUT2D eigenvalue weighted by Crippen LogP contribution is -2.29. The Labute approximate surface area is 183 Å². The lowest BCUT2D eigenvalue weighted by molar-refractivity contribution is -0.132. The lowest BCUT2D eigenvalue weighted by Gasteiger charge is -2.24. The largest absolute Gasteiger partial charge is 0.507 e. The number of carbonyl (C=O) groups excluding carboxylic acids is 2. The number of amides is 1. The molecule has 158 valence electrons. The Kier molecular flexibility index (Phi) is 5.61. The number of nitrogens with zero attached hydrogens (tertiary/aromatic N) is 1. The van der Waals surface area contributed by atoms with Gasteiger partial charge in [0.25, 0.3) is 11.7 Å². The van der Waals surface area contributed by atoms with Gasteiger partial charge in [-0.15, -0.1) is 11.3 Å². The predicted octanol–water partition coefficient (Wildman–Crippen LogP) is 5.30. The number of thiophene rings is 1. The molecule has 31 heavy (non-hydrogen) atoms. The molecule has 1 amide bonds. The summed E-state index contributed by atoms with van der Waals surface area (Å²) < 4.78 is 19.6. The Bertz CT molecular complexity index is 1170. The molecule has 2 heterocycles. The van der Waals surface area contributed by atoms with E-state index in [1.165, 1.54) is 34.4 Å². The Morgan fingerprint density at radius 2 is 1.87 bits per heavy atom. The first-order valence-corrected chi connectivity index (χ1v) is 10.6. The van der Waals surface area contributed by atoms with Gasteiger partial charge in [0.15, 0.2) is 0 Å². The van der Waals surface area contributed by atoms with E-state index in [1.54, 1.807) is 42.5 Å². The summed E-state index contributed by atoms with van der Waals surface area (Å²) in [5.74, 6) is -1.94. The third-order valence-electron chi connectivity index (χ3n) is 4.82. The van der Waals surface area contributed by atoms with Gasteiger partial charge in [-0.2, -0.15) is 0 Å². The molecule has 7 heteroatoms. The van der Waals surface area contributed by atoms with Gasteiger partial charge in [-0.3, -0.25) is 14.5 Å². The van der Waals surface area contributed by atoms with Crippen LogP contribution >= 0.6 is 11.3 Å². The molecule has 3 aromatic rings. The van der Waals surface area contributed by atoms with Crippen molar-refractivity contribution in [1.29, 1.82) is 0 Å². The zero-order valence-corrected chi connectivity index (χ0v) is 17.7. The molecular formula is C24H20FNO4S. The topological polar surface area (TPSA) is 66.8 Å². The zero-order valence-electron chi connectivity index (χ0n) is 16.9. The number of ketones is 1. The summed E-state index contributed by atoms with van der Waals surface area (Å²) in [6.45, 7) is 3.77. The van der Waals surface area contributed by atoms with Gasteiger partial charge in [-0.25, -0.2) is 4.39 Å². The van der Waals surface area contributed by atoms with E-state index in [0.29, 0.717) is 16.2 Å². The minimum absolute atomic E-state index is 0.0431. The lowest BCUT2D eigenvalue weighted by atomic mass is 9.99. The molecule has 1 unspecified atom stereocenters. The SMILES string of the molecule is CC(C)Oc1cccc(/C(O)=C2/C(=O)C(=O)N(c3cccc(F)c3)C2c2cccs2)c1. The van der Waals surface area contributed by atoms with Crippen LogP contribution in [-0.4, -0.2) is 22.9 Å². The van der Waals surface area contributed by atoms with Crippen LogP contribution in [0.25, 0.3) is 5.76 Å². The molecule has 0 radical (unpaired) electrons. The van der Waals surface area contributed by atoms with Gasteiger partial charge in [-0.05, 0) is 55.6 Å². The molecule has 2 aromatic carbocycles. The summed E-state index contributed by atoms with van der Waals surface area (Å²) in [5.41, 5.74) is 0.562. The second kappa shape index (κ2) is 8.35. The molecule has 0 spiro atoms. The average molecular weight is 437 g/mol. The Morgan fingerprint density at radius 1 is 1.10 bits per heavy atom. The Hall–Kier alpha value is -3.45. The number of carbonyl (C=O) groups is 2. The molecule has 4 rings (SSSR count). The molecule has 1 aliphatic rings. The van der Waals surface area contributed by atoms with E-state index in [9.17, 15) is 19.1 Å². The fraction of sp³-hybridized carbons (Fsp3) is 0.167. The van der Waals surface area contributed by atoms with Crippen LogP contribution in [0.3, 0.4) is 0 Å². The minimum atomic E-state index is -0.864. The molecular weight excluding hydrogens is 417 g/mol. The average Bonchev–Trinajstić information content (AvgIpc) is 3.34. The second-order valence-electron chi connectivity index (χ2n) is 7.36. The highest BCUT2D eigenvalue weighted by Gasteiger charge is 2.47. The van der Waals surface area contributed by atoms with Gasteiger partial charge < -0.3 is 9.84 Å². The molecule has 1 N–H and O–H groups in total. The van der Waals surface area contributed by atoms with E-state index in [0.717, 1.165) is 0 Å². The minimum Gasteiger partial charge on any atom is -0.507 e. The molecule has 1 saturated heterocycles. The number of ether oxygens (including phenoxy) is 1. The van der Waals surface area contributed by atoms with E-state index in [-0.39, 0.29) is 23.1 Å². The van der Waals surface area contributed by atoms with E-state index < -0.39 is 23.5 Å². The van der Waals surface area contributed by atoms with Crippen molar-refractivity contribution in [3.63, 3.8) is 0 Å². The number of halogens is 1. The van der Waals surface area contributed by atoms with Crippen molar-refractivity contribution in [1.82, 2.24) is 0 Å². The molecule has 0 saturated carbocycles. The van der Waals surface area contributed by atoms with Crippen LogP contribution in [-0.2, 0) is 9.59 Å². The maximum absolute atomic E-state index is 13.9. The Balaban J connectivity index is 1.88. The van der Waals surface area contributed by atoms with E-state index in [4.69, 9.17) is 4.74 Å². The number of hydrogen-bond donors (Lipinski definition) is 1. The quantitative estimate of drug-likeness (QED) is 0.334. The van der Waals surface area contributed by atoms with Crippen LogP contribution in [0.15, 0.2) is 71.6 Å². The van der Waals surface area contributed by atoms with Crippen molar-refractivity contribution >= 4 is 34.5 Å². The molecule has 0 aliphatic carbocycles. The fourth-order valence-electron chi connectivity index (χ4n) is 3.59. The standard InChI is InChI=1S/C24H20FNO4S/c1-14(2)30-18-9-3-6-15(12-18)22(27)20-21(19-10-5-11-31-19)26(24(29)23(20)28)17-8-4-7-16(25)13-17/h3-14,21,27H,1-2H3/b22-20-. The van der Waals surface area contributed by atoms with Gasteiger partial charge in [0, 0.05) is 16.1 Å². The third kappa shape index (κ3) is 3.96. The maximum Gasteiger partial charge on any atom is 0.300 e. The van der Waals surface area contributed by atoms with Crippen molar-refractivity contribution in [2.75, 3.05) is 4.90 Å². The molecule has 5 nitrogen and oxygen atoms in total. The smallest absolute Gasteiger partial charge is 0.300 e. The summed E-state index contributed by atoms with van der Waals surface area (Å²) in [6.07, 6.45) is -0.0675. The van der Waals surface area contributed by atoms with Crippen molar-refractivity contribution in [2.45, 2.75) is 26.0 Å². The second-order valence-corrected chi connectivity index (χ2v) is 8.34. The predicted molar refractivity (Wildman–Crippen MR) is 118 cm³/mol. The molecule has 1 fully saturated rings. The first kappa shape index (κ1) is 20.8. The number of rotatable bonds is 5. The number of aliphatic hydroxyl groups excluding tert-OH is 1. The highest BCUT2D eigenvalue weighted by atomic mass is 32.1. The number of aliphatic hydroxyl groups is 1. The van der Waals surface area contributed by atoms with Crippen molar-refractivity contribution in [3.8, 4) is 5.75 Å². The summed E-state index contributed by atoms with van der Waals surface area (Å²) >= 11 is 1.34. The van der Waals surface area contributed by atoms with Crippen LogP contribution < -0.4 is 9.64 Å². The zero-order chi connectivity index (χ0) is 22.1. The fourth-order valence-corrected chi connectivity index (χ4v) is 4.41. The van der Waals surface area contributed by atoms with Gasteiger partial charge in [0.05, 0.1) is 11.7 Å². The highest BCUT2D eigenvalue weighted by Crippen LogP contribution is 2.43. The molecule has 0 bridgehead atoms. The van der Waals surface area contributed by atoms with Crippen LogP contribution in [0.1, 0.15) is 30.3 Å². The van der Waals surface area contributed by atoms with Crippen LogP contribution in [0, 0.1) is 5.82 Å². The van der Waals surface area contributed by atoms with Crippen molar-refractivity contribution in [2.24, 2.45) is 0 Å². The van der Waals surface area contributed by atoms with E-state index in [2.05, 4.69) is 0 Å². The van der Waals surface area contributed by atoms with Crippen LogP contribution in [0.5, 0.6) is 5.75 Å². The highest BCUT2D eigenvalue weighted by molar-refractivity contribution is 7.10. The summed E-state index contributed by atoms with van der Waals surface area (Å²) in [6, 6.07) is 14.9. The van der Waals surface area contributed by atoms with Gasteiger partial charge in [-0.1, -0.05) is 24.3 Å². The molecule has 1 aliphatic heterocycles. The number of anilines is 1. The van der Waals surface area contributed by atoms with Crippen LogP contribution in [0.2, 0.25) is 0 Å². The van der Waals surface area contributed by atoms with E-state index >= 15 is 0 Å². The third-order valence-corrected chi connectivity index (χ3v) is 5.75. The van der Waals surface area contributed by atoms with Crippen LogP contribution in [0.4, 0.5) is 10.1 Å². The monoisotopic (exact) mass is 437 g/mol. The van der Waals surface area contributed by atoms with Gasteiger partial charge in [0.2, 0.25) is 0 Å². The summed E-state index contributed by atoms with van der Waals surface area (Å²) in [4.78, 5) is 27.9. The number of benzene rings is 2. The Morgan fingerprint density at radius 3 is 2.55 bits per heavy atom. The molecule has 1 atom stereocenters.